The lowest BCUT2D eigenvalue weighted by Gasteiger charge is -2.18. The number of phenols is 1. The zero-order valence-corrected chi connectivity index (χ0v) is 15.1. The highest BCUT2D eigenvalue weighted by Crippen LogP contribution is 2.30. The van der Waals surface area contributed by atoms with Crippen LogP contribution in [0, 0.1) is 0 Å². The molecule has 0 atom stereocenters. The minimum Gasteiger partial charge on any atom is -0.504 e. The second-order valence-electron chi connectivity index (χ2n) is 5.19. The van der Waals surface area contributed by atoms with Crippen LogP contribution in [0.15, 0.2) is 36.4 Å². The average Bonchev–Trinajstić information content (AvgIpc) is 2.57. The van der Waals surface area contributed by atoms with Crippen LogP contribution in [0.1, 0.15) is 10.4 Å². The van der Waals surface area contributed by atoms with E-state index in [1.807, 2.05) is 0 Å². The van der Waals surface area contributed by atoms with Gasteiger partial charge in [0.2, 0.25) is 5.91 Å². The Morgan fingerprint density at radius 2 is 1.92 bits per heavy atom. The minimum atomic E-state index is -0.513. The number of phenolic OH excluding ortho intramolecular Hbond substituents is 1. The number of para-hydroxylation sites is 1. The number of ether oxygens (including phenoxy) is 1. The van der Waals surface area contributed by atoms with Crippen LogP contribution in [0.3, 0.4) is 0 Å². The molecule has 0 unspecified atom stereocenters. The molecule has 6 nitrogen and oxygen atoms in total. The molecule has 0 saturated carbocycles. The minimum absolute atomic E-state index is 0.0455. The Balaban J connectivity index is 2.05. The molecule has 132 valence electrons. The lowest BCUT2D eigenvalue weighted by atomic mass is 10.1. The number of nitrogens with zero attached hydrogens (tertiary/aromatic N) is 1. The van der Waals surface area contributed by atoms with Crippen molar-refractivity contribution < 1.29 is 19.4 Å². The number of nitrogens with one attached hydrogen (secondary N) is 1. The number of hydrogen-bond donors (Lipinski definition) is 2. The molecule has 0 saturated heterocycles. The number of anilines is 1. The fourth-order valence-corrected chi connectivity index (χ4v) is 2.42. The van der Waals surface area contributed by atoms with Gasteiger partial charge in [-0.05, 0) is 30.3 Å². The van der Waals surface area contributed by atoms with Gasteiger partial charge in [0.25, 0.3) is 5.91 Å². The first-order chi connectivity index (χ1) is 11.8. The zero-order chi connectivity index (χ0) is 18.6. The van der Waals surface area contributed by atoms with E-state index in [9.17, 15) is 14.7 Å². The molecule has 0 aliphatic carbocycles. The summed E-state index contributed by atoms with van der Waals surface area (Å²) in [5, 5.41) is 13.3. The van der Waals surface area contributed by atoms with Crippen molar-refractivity contribution in [1.82, 2.24) is 4.90 Å². The number of rotatable bonds is 5. The van der Waals surface area contributed by atoms with Crippen molar-refractivity contribution in [3.05, 3.63) is 52.0 Å². The Hall–Kier alpha value is -2.44. The molecule has 8 heteroatoms. The third-order valence-corrected chi connectivity index (χ3v) is 4.12. The summed E-state index contributed by atoms with van der Waals surface area (Å²) in [7, 11) is 2.84. The fraction of sp³-hybridized carbons (Fsp3) is 0.176. The molecule has 2 rings (SSSR count). The number of amides is 2. The fourth-order valence-electron chi connectivity index (χ4n) is 2.13. The molecule has 0 aromatic heterocycles. The van der Waals surface area contributed by atoms with Gasteiger partial charge in [-0.1, -0.05) is 29.3 Å². The average molecular weight is 383 g/mol. The molecule has 0 aliphatic rings. The van der Waals surface area contributed by atoms with Gasteiger partial charge in [0.15, 0.2) is 11.5 Å². The van der Waals surface area contributed by atoms with Crippen molar-refractivity contribution in [3.63, 3.8) is 0 Å². The Kier molecular flexibility index (Phi) is 6.12. The van der Waals surface area contributed by atoms with Crippen LogP contribution < -0.4 is 10.1 Å². The van der Waals surface area contributed by atoms with E-state index >= 15 is 0 Å². The normalized spacial score (nSPS) is 10.2. The number of hydrogen-bond acceptors (Lipinski definition) is 4. The molecule has 0 bridgehead atoms. The van der Waals surface area contributed by atoms with Crippen molar-refractivity contribution in [2.45, 2.75) is 0 Å². The first-order valence-electron chi connectivity index (χ1n) is 7.19. The van der Waals surface area contributed by atoms with E-state index in [2.05, 4.69) is 5.32 Å². The first-order valence-corrected chi connectivity index (χ1v) is 7.95. The van der Waals surface area contributed by atoms with E-state index in [1.54, 1.807) is 18.2 Å². The molecule has 0 fully saturated rings. The molecule has 2 aromatic rings. The number of carbonyl (C=O) groups excluding carboxylic acids is 2. The number of methoxy groups -OCH3 is 1. The number of likely N-dealkylation sites (N-methyl/N-ethyl adjacent to an activating group) is 1. The standard InChI is InChI=1S/C17H16Cl2N2O4/c1-21(17(24)11-4-3-5-14(25-2)16(11)23)9-15(22)20-10-6-7-12(18)13(19)8-10/h3-8,23H,9H2,1-2H3,(H,20,22). The van der Waals surface area contributed by atoms with Gasteiger partial charge in [-0.25, -0.2) is 0 Å². The van der Waals surface area contributed by atoms with Crippen LogP contribution >= 0.6 is 23.2 Å². The monoisotopic (exact) mass is 382 g/mol. The van der Waals surface area contributed by atoms with Crippen LogP contribution in [-0.2, 0) is 4.79 Å². The van der Waals surface area contributed by atoms with E-state index < -0.39 is 11.8 Å². The highest BCUT2D eigenvalue weighted by atomic mass is 35.5. The van der Waals surface area contributed by atoms with Gasteiger partial charge in [0.1, 0.15) is 0 Å². The van der Waals surface area contributed by atoms with E-state index in [0.29, 0.717) is 15.7 Å². The van der Waals surface area contributed by atoms with Gasteiger partial charge in [-0.3, -0.25) is 9.59 Å². The molecule has 0 aliphatic heterocycles. The molecule has 2 N–H and O–H groups in total. The zero-order valence-electron chi connectivity index (χ0n) is 13.5. The van der Waals surface area contributed by atoms with Gasteiger partial charge in [0, 0.05) is 12.7 Å². The summed E-state index contributed by atoms with van der Waals surface area (Å²) < 4.78 is 4.97. The topological polar surface area (TPSA) is 78.9 Å². The molecule has 25 heavy (non-hydrogen) atoms. The Morgan fingerprint density at radius 1 is 1.20 bits per heavy atom. The number of aromatic hydroxyl groups is 1. The Bertz CT molecular complexity index is 811. The van der Waals surface area contributed by atoms with E-state index in [0.717, 1.165) is 0 Å². The molecule has 0 spiro atoms. The van der Waals surface area contributed by atoms with Crippen LogP contribution in [-0.4, -0.2) is 42.5 Å². The maximum absolute atomic E-state index is 12.4. The highest BCUT2D eigenvalue weighted by molar-refractivity contribution is 6.42. The summed E-state index contributed by atoms with van der Waals surface area (Å²) in [5.41, 5.74) is 0.508. The van der Waals surface area contributed by atoms with Crippen LogP contribution in [0.25, 0.3) is 0 Å². The van der Waals surface area contributed by atoms with Crippen molar-refractivity contribution in [3.8, 4) is 11.5 Å². The van der Waals surface area contributed by atoms with Crippen LogP contribution in [0.2, 0.25) is 10.0 Å². The lowest BCUT2D eigenvalue weighted by Crippen LogP contribution is -2.35. The third-order valence-electron chi connectivity index (χ3n) is 3.38. The third kappa shape index (κ3) is 4.55. The lowest BCUT2D eigenvalue weighted by molar-refractivity contribution is -0.116. The first kappa shape index (κ1) is 18.9. The highest BCUT2D eigenvalue weighted by Gasteiger charge is 2.20. The van der Waals surface area contributed by atoms with E-state index in [4.69, 9.17) is 27.9 Å². The van der Waals surface area contributed by atoms with Gasteiger partial charge in [-0.2, -0.15) is 0 Å². The summed E-state index contributed by atoms with van der Waals surface area (Å²) in [6.07, 6.45) is 0. The molecule has 0 radical (unpaired) electrons. The largest absolute Gasteiger partial charge is 0.504 e. The van der Waals surface area contributed by atoms with Crippen molar-refractivity contribution >= 4 is 40.7 Å². The summed E-state index contributed by atoms with van der Waals surface area (Å²) in [4.78, 5) is 25.7. The van der Waals surface area contributed by atoms with Gasteiger partial charge in [-0.15, -0.1) is 0 Å². The Morgan fingerprint density at radius 3 is 2.56 bits per heavy atom. The summed E-state index contributed by atoms with van der Waals surface area (Å²) >= 11 is 11.7. The van der Waals surface area contributed by atoms with E-state index in [-0.39, 0.29) is 23.6 Å². The molecule has 2 amide bonds. The molecule has 2 aromatic carbocycles. The maximum atomic E-state index is 12.4. The number of benzene rings is 2. The summed E-state index contributed by atoms with van der Waals surface area (Å²) in [6, 6.07) is 9.23. The second-order valence-corrected chi connectivity index (χ2v) is 6.01. The predicted octanol–water partition coefficient (Wildman–Crippen LogP) is 3.42. The SMILES string of the molecule is COc1cccc(C(=O)N(C)CC(=O)Nc2ccc(Cl)c(Cl)c2)c1O. The quantitative estimate of drug-likeness (QED) is 0.830. The van der Waals surface area contributed by atoms with Crippen molar-refractivity contribution in [2.75, 3.05) is 26.0 Å². The molecular formula is C17H16Cl2N2O4. The van der Waals surface area contributed by atoms with Gasteiger partial charge >= 0.3 is 0 Å². The smallest absolute Gasteiger partial charge is 0.257 e. The van der Waals surface area contributed by atoms with Gasteiger partial charge in [0.05, 0.1) is 29.3 Å². The van der Waals surface area contributed by atoms with E-state index in [1.165, 1.54) is 37.3 Å². The summed E-state index contributed by atoms with van der Waals surface area (Å²) in [6.45, 7) is -0.213. The summed E-state index contributed by atoms with van der Waals surface area (Å²) in [5.74, 6) is -1.02. The van der Waals surface area contributed by atoms with Crippen LogP contribution in [0.4, 0.5) is 5.69 Å². The second kappa shape index (κ2) is 8.09. The maximum Gasteiger partial charge on any atom is 0.257 e. The molecule has 0 heterocycles. The number of carbonyl (C=O) groups is 2. The Labute approximate surface area is 154 Å². The van der Waals surface area contributed by atoms with Gasteiger partial charge < -0.3 is 20.1 Å². The number of halogens is 2. The van der Waals surface area contributed by atoms with Crippen molar-refractivity contribution in [1.29, 1.82) is 0 Å². The van der Waals surface area contributed by atoms with Crippen molar-refractivity contribution in [2.24, 2.45) is 0 Å². The molecular weight excluding hydrogens is 367 g/mol. The van der Waals surface area contributed by atoms with Crippen LogP contribution in [0.5, 0.6) is 11.5 Å². The predicted molar refractivity (Wildman–Crippen MR) is 96.7 cm³/mol.